The SMILES string of the molecule is CCOc1ccn(-c2ccccc2)c(=O)c1C(=O)Nc1ccc(Oc2ccnc3cc(-c4ccc(CN(CCOC)C(=O)O)cn4)sc23)c(F)c1. The van der Waals surface area contributed by atoms with Crippen LogP contribution in [-0.4, -0.2) is 63.4 Å². The predicted octanol–water partition coefficient (Wildman–Crippen LogP) is 7.22. The smallest absolute Gasteiger partial charge is 0.407 e. The number of benzene rings is 2. The van der Waals surface area contributed by atoms with E-state index in [1.807, 2.05) is 18.2 Å². The second-order valence-electron chi connectivity index (χ2n) is 11.1. The molecule has 0 aliphatic heterocycles. The summed E-state index contributed by atoms with van der Waals surface area (Å²) in [5.74, 6) is -1.11. The number of hydrogen-bond donors (Lipinski definition) is 2. The van der Waals surface area contributed by atoms with Crippen LogP contribution < -0.4 is 20.3 Å². The minimum absolute atomic E-state index is 0.0875. The molecule has 0 atom stereocenters. The number of ether oxygens (including phenoxy) is 3. The summed E-state index contributed by atoms with van der Waals surface area (Å²) in [7, 11) is 1.51. The summed E-state index contributed by atoms with van der Waals surface area (Å²) in [5.41, 5.74) is 1.87. The van der Waals surface area contributed by atoms with E-state index in [1.54, 1.807) is 61.8 Å². The molecule has 4 heterocycles. The highest BCUT2D eigenvalue weighted by atomic mass is 32.1. The lowest BCUT2D eigenvalue weighted by Crippen LogP contribution is -2.32. The lowest BCUT2D eigenvalue weighted by atomic mass is 10.2. The minimum Gasteiger partial charge on any atom is -0.493 e. The molecule has 0 aliphatic carbocycles. The Hall–Kier alpha value is -6.12. The van der Waals surface area contributed by atoms with Crippen molar-refractivity contribution in [3.05, 3.63) is 125 Å². The number of carbonyl (C=O) groups excluding carboxylic acids is 1. The number of nitrogens with zero attached hydrogens (tertiary/aromatic N) is 4. The summed E-state index contributed by atoms with van der Waals surface area (Å²) >= 11 is 1.36. The molecule has 2 amide bonds. The quantitative estimate of drug-likeness (QED) is 0.127. The molecule has 12 nitrogen and oxygen atoms in total. The van der Waals surface area contributed by atoms with Gasteiger partial charge in [0, 0.05) is 55.8 Å². The molecule has 0 unspecified atom stereocenters. The molecule has 2 N–H and O–H groups in total. The highest BCUT2D eigenvalue weighted by Crippen LogP contribution is 2.39. The first kappa shape index (κ1) is 34.7. The third-order valence-electron chi connectivity index (χ3n) is 7.69. The molecule has 4 aromatic heterocycles. The zero-order valence-corrected chi connectivity index (χ0v) is 28.4. The van der Waals surface area contributed by atoms with Gasteiger partial charge < -0.3 is 29.5 Å². The van der Waals surface area contributed by atoms with Gasteiger partial charge in [0.1, 0.15) is 17.1 Å². The van der Waals surface area contributed by atoms with Gasteiger partial charge in [-0.05, 0) is 55.0 Å². The summed E-state index contributed by atoms with van der Waals surface area (Å²) in [4.78, 5) is 49.4. The Balaban J connectivity index is 1.19. The monoisotopic (exact) mass is 709 g/mol. The van der Waals surface area contributed by atoms with E-state index in [1.165, 1.54) is 46.2 Å². The third kappa shape index (κ3) is 7.87. The number of halogens is 1. The number of carboxylic acid groups (broad SMARTS) is 1. The Bertz CT molecular complexity index is 2240. The van der Waals surface area contributed by atoms with E-state index in [2.05, 4.69) is 15.3 Å². The van der Waals surface area contributed by atoms with Crippen LogP contribution in [0.4, 0.5) is 14.9 Å². The third-order valence-corrected chi connectivity index (χ3v) is 8.85. The van der Waals surface area contributed by atoms with Crippen LogP contribution in [-0.2, 0) is 11.3 Å². The van der Waals surface area contributed by atoms with Crippen molar-refractivity contribution in [1.29, 1.82) is 0 Å². The summed E-state index contributed by atoms with van der Waals surface area (Å²) < 4.78 is 34.0. The van der Waals surface area contributed by atoms with Crippen molar-refractivity contribution in [3.8, 4) is 33.5 Å². The Kier molecular flexibility index (Phi) is 10.6. The Labute approximate surface area is 295 Å². The molecule has 0 bridgehead atoms. The molecule has 0 aliphatic rings. The number of thiophene rings is 1. The molecular weight excluding hydrogens is 678 g/mol. The molecule has 0 spiro atoms. The van der Waals surface area contributed by atoms with Crippen LogP contribution in [0.15, 0.2) is 102 Å². The van der Waals surface area contributed by atoms with Crippen molar-refractivity contribution < 1.29 is 33.3 Å². The van der Waals surface area contributed by atoms with Crippen molar-refractivity contribution in [3.63, 3.8) is 0 Å². The maximum Gasteiger partial charge on any atom is 0.407 e. The van der Waals surface area contributed by atoms with Gasteiger partial charge in [0.05, 0.1) is 40.5 Å². The van der Waals surface area contributed by atoms with E-state index < -0.39 is 23.4 Å². The van der Waals surface area contributed by atoms with Crippen LogP contribution in [0.1, 0.15) is 22.8 Å². The zero-order valence-electron chi connectivity index (χ0n) is 27.5. The molecule has 51 heavy (non-hydrogen) atoms. The van der Waals surface area contributed by atoms with Gasteiger partial charge in [-0.2, -0.15) is 0 Å². The normalized spacial score (nSPS) is 11.0. The van der Waals surface area contributed by atoms with Crippen molar-refractivity contribution in [2.24, 2.45) is 0 Å². The topological polar surface area (TPSA) is 145 Å². The first-order chi connectivity index (χ1) is 24.7. The van der Waals surface area contributed by atoms with E-state index in [-0.39, 0.29) is 49.1 Å². The maximum atomic E-state index is 15.4. The van der Waals surface area contributed by atoms with Crippen molar-refractivity contribution in [1.82, 2.24) is 19.4 Å². The van der Waals surface area contributed by atoms with Gasteiger partial charge in [0.25, 0.3) is 11.5 Å². The number of fused-ring (bicyclic) bond motifs is 1. The van der Waals surface area contributed by atoms with Crippen molar-refractivity contribution in [2.45, 2.75) is 13.5 Å². The highest BCUT2D eigenvalue weighted by molar-refractivity contribution is 7.22. The first-order valence-electron chi connectivity index (χ1n) is 15.8. The van der Waals surface area contributed by atoms with Crippen LogP contribution in [0.2, 0.25) is 0 Å². The van der Waals surface area contributed by atoms with E-state index in [0.717, 1.165) is 16.5 Å². The lowest BCUT2D eigenvalue weighted by molar-refractivity contribution is 0.102. The molecule has 0 saturated carbocycles. The molecule has 6 aromatic rings. The largest absolute Gasteiger partial charge is 0.493 e. The number of methoxy groups -OCH3 is 1. The van der Waals surface area contributed by atoms with Gasteiger partial charge in [0.15, 0.2) is 11.6 Å². The van der Waals surface area contributed by atoms with Crippen LogP contribution in [0, 0.1) is 5.82 Å². The second-order valence-corrected chi connectivity index (χ2v) is 12.1. The standard InChI is InChI=1S/C37H32FN5O7S/c1-3-49-30-14-16-43(25-7-5-4-6-8-25)36(45)33(30)35(44)41-24-10-12-29(26(38)19-24)50-31-13-15-39-28-20-32(51-34(28)31)27-11-9-23(21-40-27)22-42(37(46)47)17-18-48-2/h4-16,19-21H,3,17-18,22H2,1-2H3,(H,41,44)(H,46,47). The second kappa shape index (κ2) is 15.6. The van der Waals surface area contributed by atoms with E-state index in [9.17, 15) is 19.5 Å². The van der Waals surface area contributed by atoms with E-state index in [0.29, 0.717) is 27.3 Å². The fourth-order valence-corrected chi connectivity index (χ4v) is 6.26. The number of hydrogen-bond acceptors (Lipinski definition) is 9. The number of nitrogens with one attached hydrogen (secondary N) is 1. The number of para-hydroxylation sites is 1. The molecular formula is C37H32FN5O7S. The van der Waals surface area contributed by atoms with Gasteiger partial charge in [-0.15, -0.1) is 11.3 Å². The predicted molar refractivity (Wildman–Crippen MR) is 191 cm³/mol. The van der Waals surface area contributed by atoms with Crippen LogP contribution in [0.25, 0.3) is 26.5 Å². The molecule has 14 heteroatoms. The van der Waals surface area contributed by atoms with Gasteiger partial charge in [-0.1, -0.05) is 24.3 Å². The summed E-state index contributed by atoms with van der Waals surface area (Å²) in [6, 6.07) is 21.4. The van der Waals surface area contributed by atoms with Gasteiger partial charge >= 0.3 is 6.09 Å². The molecule has 260 valence electrons. The zero-order chi connectivity index (χ0) is 35.9. The first-order valence-corrected chi connectivity index (χ1v) is 16.6. The number of rotatable bonds is 13. The van der Waals surface area contributed by atoms with Gasteiger partial charge in [0.2, 0.25) is 0 Å². The molecule has 6 rings (SSSR count). The summed E-state index contributed by atoms with van der Waals surface area (Å²) in [6.45, 7) is 2.66. The number of amides is 2. The van der Waals surface area contributed by atoms with Crippen molar-refractivity contribution >= 4 is 39.2 Å². The maximum absolute atomic E-state index is 15.4. The number of aromatic nitrogens is 3. The van der Waals surface area contributed by atoms with Gasteiger partial charge in [-0.25, -0.2) is 9.18 Å². The lowest BCUT2D eigenvalue weighted by Gasteiger charge is -2.18. The molecule has 2 aromatic carbocycles. The summed E-state index contributed by atoms with van der Waals surface area (Å²) in [5, 5.41) is 12.1. The van der Waals surface area contributed by atoms with E-state index in [4.69, 9.17) is 14.2 Å². The number of pyridine rings is 3. The molecule has 0 radical (unpaired) electrons. The average molecular weight is 710 g/mol. The van der Waals surface area contributed by atoms with Crippen LogP contribution in [0.5, 0.6) is 17.2 Å². The van der Waals surface area contributed by atoms with E-state index >= 15 is 4.39 Å². The number of anilines is 1. The van der Waals surface area contributed by atoms with Crippen LogP contribution in [0.3, 0.4) is 0 Å². The Morgan fingerprint density at radius 1 is 1.00 bits per heavy atom. The number of carbonyl (C=O) groups is 2. The average Bonchev–Trinajstić information content (AvgIpc) is 3.57. The minimum atomic E-state index is -1.05. The van der Waals surface area contributed by atoms with Gasteiger partial charge in [-0.3, -0.25) is 24.1 Å². The Morgan fingerprint density at radius 3 is 2.53 bits per heavy atom. The summed E-state index contributed by atoms with van der Waals surface area (Å²) in [6.07, 6.45) is 3.66. The fourth-order valence-electron chi connectivity index (χ4n) is 5.22. The fraction of sp³-hybridized carbons (Fsp3) is 0.162. The molecule has 0 fully saturated rings. The van der Waals surface area contributed by atoms with Crippen molar-refractivity contribution in [2.75, 3.05) is 32.2 Å². The highest BCUT2D eigenvalue weighted by Gasteiger charge is 2.21. The Morgan fingerprint density at radius 2 is 1.82 bits per heavy atom. The van der Waals surface area contributed by atoms with Crippen LogP contribution >= 0.6 is 11.3 Å². The molecule has 0 saturated heterocycles.